The van der Waals surface area contributed by atoms with Gasteiger partial charge in [-0.25, -0.2) is 0 Å². The van der Waals surface area contributed by atoms with Crippen molar-refractivity contribution in [3.63, 3.8) is 0 Å². The summed E-state index contributed by atoms with van der Waals surface area (Å²) in [6.07, 6.45) is -0.150. The summed E-state index contributed by atoms with van der Waals surface area (Å²) in [6.45, 7) is 2.96. The largest absolute Gasteiger partial charge is 0.416 e. The van der Waals surface area contributed by atoms with Crippen molar-refractivity contribution in [1.82, 2.24) is 9.80 Å². The van der Waals surface area contributed by atoms with Crippen LogP contribution in [-0.4, -0.2) is 42.4 Å². The molecule has 1 aliphatic heterocycles. The van der Waals surface area contributed by atoms with E-state index in [1.165, 1.54) is 29.9 Å². The molecule has 0 aromatic heterocycles. The maximum atomic E-state index is 13.1. The zero-order valence-corrected chi connectivity index (χ0v) is 14.6. The smallest absolute Gasteiger partial charge is 0.341 e. The molecule has 6 heteroatoms. The van der Waals surface area contributed by atoms with E-state index in [9.17, 15) is 18.0 Å². The zero-order chi connectivity index (χ0) is 18.0. The number of rotatable bonds is 5. The highest BCUT2D eigenvalue weighted by atomic mass is 19.4. The van der Waals surface area contributed by atoms with E-state index >= 15 is 0 Å². The van der Waals surface area contributed by atoms with E-state index in [1.54, 1.807) is 13.1 Å². The zero-order valence-electron chi connectivity index (χ0n) is 14.6. The molecule has 1 aliphatic carbocycles. The fraction of sp³-hybridized carbons (Fsp3) is 0.632. The molecule has 1 saturated carbocycles. The Balaban J connectivity index is 1.56. The first-order chi connectivity index (χ1) is 11.8. The molecule has 1 amide bonds. The van der Waals surface area contributed by atoms with Crippen LogP contribution in [0.3, 0.4) is 0 Å². The minimum Gasteiger partial charge on any atom is -0.341 e. The highest BCUT2D eigenvalue weighted by Gasteiger charge is 2.34. The van der Waals surface area contributed by atoms with E-state index in [-0.39, 0.29) is 23.9 Å². The number of carbonyl (C=O) groups is 1. The summed E-state index contributed by atoms with van der Waals surface area (Å²) in [5, 5.41) is 0. The minimum atomic E-state index is -4.39. The van der Waals surface area contributed by atoms with Crippen LogP contribution in [0.4, 0.5) is 13.2 Å². The van der Waals surface area contributed by atoms with Crippen LogP contribution in [0.5, 0.6) is 0 Å². The van der Waals surface area contributed by atoms with Gasteiger partial charge in [0.1, 0.15) is 0 Å². The van der Waals surface area contributed by atoms with Crippen LogP contribution in [0, 0.1) is 11.8 Å². The molecule has 1 aromatic rings. The van der Waals surface area contributed by atoms with Gasteiger partial charge in [-0.2, -0.15) is 13.2 Å². The van der Waals surface area contributed by atoms with E-state index in [0.717, 1.165) is 44.5 Å². The molecular formula is C19H25F3N2O. The molecule has 0 bridgehead atoms. The number of amides is 1. The van der Waals surface area contributed by atoms with Gasteiger partial charge in [0.2, 0.25) is 5.91 Å². The lowest BCUT2D eigenvalue weighted by atomic mass is 9.95. The van der Waals surface area contributed by atoms with Crippen molar-refractivity contribution < 1.29 is 18.0 Å². The summed E-state index contributed by atoms with van der Waals surface area (Å²) in [7, 11) is 1.60. The minimum absolute atomic E-state index is 0.00317. The lowest BCUT2D eigenvalue weighted by molar-refractivity contribution is -0.141. The van der Waals surface area contributed by atoms with Crippen molar-refractivity contribution in [2.24, 2.45) is 11.8 Å². The average Bonchev–Trinajstić information content (AvgIpc) is 3.38. The number of hydrogen-bond acceptors (Lipinski definition) is 2. The standard InChI is InChI=1S/C19H25F3N2O/c1-23(13-16-4-2-3-5-17(16)19(20,21)22)18(25)15-8-10-24(11-9-15)12-14-6-7-14/h2-5,14-15H,6-13H2,1H3. The van der Waals surface area contributed by atoms with Gasteiger partial charge in [-0.15, -0.1) is 0 Å². The third kappa shape index (κ3) is 4.75. The van der Waals surface area contributed by atoms with Gasteiger partial charge in [-0.1, -0.05) is 18.2 Å². The van der Waals surface area contributed by atoms with Gasteiger partial charge < -0.3 is 9.80 Å². The van der Waals surface area contributed by atoms with Gasteiger partial charge in [-0.05, 0) is 56.3 Å². The Kier molecular flexibility index (Phi) is 5.37. The third-order valence-corrected chi connectivity index (χ3v) is 5.26. The number of piperidine rings is 1. The second-order valence-corrected chi connectivity index (χ2v) is 7.37. The van der Waals surface area contributed by atoms with E-state index < -0.39 is 11.7 Å². The maximum Gasteiger partial charge on any atom is 0.416 e. The van der Waals surface area contributed by atoms with Crippen molar-refractivity contribution in [2.45, 2.75) is 38.4 Å². The Labute approximate surface area is 146 Å². The van der Waals surface area contributed by atoms with Crippen LogP contribution in [0.2, 0.25) is 0 Å². The molecule has 0 atom stereocenters. The van der Waals surface area contributed by atoms with Crippen molar-refractivity contribution in [1.29, 1.82) is 0 Å². The molecule has 1 heterocycles. The monoisotopic (exact) mass is 354 g/mol. The first-order valence-corrected chi connectivity index (χ1v) is 8.97. The topological polar surface area (TPSA) is 23.6 Å². The van der Waals surface area contributed by atoms with Gasteiger partial charge >= 0.3 is 6.18 Å². The SMILES string of the molecule is CN(Cc1ccccc1C(F)(F)F)C(=O)C1CCN(CC2CC2)CC1. The van der Waals surface area contributed by atoms with Crippen molar-refractivity contribution in [3.8, 4) is 0 Å². The summed E-state index contributed by atoms with van der Waals surface area (Å²) >= 11 is 0. The Bertz CT molecular complexity index is 605. The van der Waals surface area contributed by atoms with Crippen molar-refractivity contribution in [3.05, 3.63) is 35.4 Å². The van der Waals surface area contributed by atoms with Crippen LogP contribution in [0.1, 0.15) is 36.8 Å². The van der Waals surface area contributed by atoms with Gasteiger partial charge in [0.15, 0.2) is 0 Å². The van der Waals surface area contributed by atoms with Crippen LogP contribution < -0.4 is 0 Å². The summed E-state index contributed by atoms with van der Waals surface area (Å²) in [5.41, 5.74) is -0.508. The summed E-state index contributed by atoms with van der Waals surface area (Å²) in [5.74, 6) is 0.732. The number of alkyl halides is 3. The number of halogens is 3. The normalized spacial score (nSPS) is 19.8. The first-order valence-electron chi connectivity index (χ1n) is 8.97. The second kappa shape index (κ2) is 7.36. The lowest BCUT2D eigenvalue weighted by Gasteiger charge is -2.33. The fourth-order valence-electron chi connectivity index (χ4n) is 3.61. The number of likely N-dealkylation sites (tertiary alicyclic amines) is 1. The van der Waals surface area contributed by atoms with E-state index in [2.05, 4.69) is 4.90 Å². The fourth-order valence-corrected chi connectivity index (χ4v) is 3.61. The van der Waals surface area contributed by atoms with E-state index in [1.807, 2.05) is 0 Å². The second-order valence-electron chi connectivity index (χ2n) is 7.37. The van der Waals surface area contributed by atoms with Gasteiger partial charge in [-0.3, -0.25) is 4.79 Å². The van der Waals surface area contributed by atoms with Crippen LogP contribution >= 0.6 is 0 Å². The molecule has 2 fully saturated rings. The predicted molar refractivity (Wildman–Crippen MR) is 89.8 cm³/mol. The highest BCUT2D eigenvalue weighted by molar-refractivity contribution is 5.78. The van der Waals surface area contributed by atoms with Crippen molar-refractivity contribution >= 4 is 5.91 Å². The Morgan fingerprint density at radius 2 is 1.80 bits per heavy atom. The van der Waals surface area contributed by atoms with Gasteiger partial charge in [0.25, 0.3) is 0 Å². The number of benzene rings is 1. The third-order valence-electron chi connectivity index (χ3n) is 5.26. The molecule has 0 unspecified atom stereocenters. The molecule has 0 spiro atoms. The molecule has 1 saturated heterocycles. The Morgan fingerprint density at radius 1 is 1.16 bits per heavy atom. The molecule has 0 radical (unpaired) electrons. The Morgan fingerprint density at radius 3 is 2.40 bits per heavy atom. The summed E-state index contributed by atoms with van der Waals surface area (Å²) in [6, 6.07) is 5.48. The molecule has 3 nitrogen and oxygen atoms in total. The summed E-state index contributed by atoms with van der Waals surface area (Å²) < 4.78 is 39.3. The number of nitrogens with zero attached hydrogens (tertiary/aromatic N) is 2. The van der Waals surface area contributed by atoms with Crippen LogP contribution in [0.15, 0.2) is 24.3 Å². The summed E-state index contributed by atoms with van der Waals surface area (Å²) in [4.78, 5) is 16.5. The van der Waals surface area contributed by atoms with Crippen LogP contribution in [-0.2, 0) is 17.5 Å². The molecule has 1 aromatic carbocycles. The number of hydrogen-bond donors (Lipinski definition) is 0. The number of carbonyl (C=O) groups excluding carboxylic acids is 1. The first kappa shape index (κ1) is 18.2. The molecule has 3 rings (SSSR count). The Hall–Kier alpha value is -1.56. The molecule has 25 heavy (non-hydrogen) atoms. The average molecular weight is 354 g/mol. The molecular weight excluding hydrogens is 329 g/mol. The van der Waals surface area contributed by atoms with Crippen molar-refractivity contribution in [2.75, 3.05) is 26.7 Å². The van der Waals surface area contributed by atoms with Crippen LogP contribution in [0.25, 0.3) is 0 Å². The van der Waals surface area contributed by atoms with E-state index in [4.69, 9.17) is 0 Å². The predicted octanol–water partition coefficient (Wildman–Crippen LogP) is 3.79. The lowest BCUT2D eigenvalue weighted by Crippen LogP contribution is -2.41. The van der Waals surface area contributed by atoms with Gasteiger partial charge in [0, 0.05) is 26.1 Å². The van der Waals surface area contributed by atoms with E-state index in [0.29, 0.717) is 0 Å². The maximum absolute atomic E-state index is 13.1. The van der Waals surface area contributed by atoms with Gasteiger partial charge in [0.05, 0.1) is 5.56 Å². The molecule has 138 valence electrons. The highest BCUT2D eigenvalue weighted by Crippen LogP contribution is 2.33. The molecule has 0 N–H and O–H groups in total. The molecule has 2 aliphatic rings. The quantitative estimate of drug-likeness (QED) is 0.803.